The topological polar surface area (TPSA) is 18.5 Å². The van der Waals surface area contributed by atoms with Gasteiger partial charge in [0.15, 0.2) is 0 Å². The fraction of sp³-hybridized carbons (Fsp3) is 0.636. The maximum Gasteiger partial charge on any atom is 0.123 e. The molecule has 0 fully saturated rings. The lowest BCUT2D eigenvalue weighted by Crippen LogP contribution is -2.16. The minimum atomic E-state index is 0.186. The highest BCUT2D eigenvalue weighted by Gasteiger charge is 2.21. The normalized spacial score (nSPS) is 11.8. The molecule has 0 radical (unpaired) electrons. The minimum Gasteiger partial charge on any atom is -0.491 e. The van der Waals surface area contributed by atoms with Crippen LogP contribution in [0.15, 0.2) is 24.3 Å². The van der Waals surface area contributed by atoms with Crippen molar-refractivity contribution in [3.63, 3.8) is 0 Å². The summed E-state index contributed by atoms with van der Waals surface area (Å²) in [6.45, 7) is 30.7. The molecule has 0 unspecified atom stereocenters. The van der Waals surface area contributed by atoms with Gasteiger partial charge in [-0.05, 0) is 110 Å². The van der Waals surface area contributed by atoms with Crippen molar-refractivity contribution in [3.05, 3.63) is 57.6 Å². The number of hydrogen-bond donors (Lipinski definition) is 0. The summed E-state index contributed by atoms with van der Waals surface area (Å²) in [5, 5.41) is 0. The third kappa shape index (κ3) is 9.21. The smallest absolute Gasteiger partial charge is 0.123 e. The fourth-order valence-electron chi connectivity index (χ4n) is 4.38. The van der Waals surface area contributed by atoms with Crippen LogP contribution in [-0.4, -0.2) is 12.2 Å². The SMILES string of the molecule is CCc1cc(OC(C)C)c(C(C)C)cc1C.CCc1cc(OC(C)C)c(C(C)C)cc1C(C)(C)C. The zero-order chi connectivity index (χ0) is 27.1. The van der Waals surface area contributed by atoms with E-state index >= 15 is 0 Å². The number of rotatable bonds is 8. The summed E-state index contributed by atoms with van der Waals surface area (Å²) in [7, 11) is 0. The van der Waals surface area contributed by atoms with E-state index in [4.69, 9.17) is 9.47 Å². The number of aryl methyl sites for hydroxylation is 3. The largest absolute Gasteiger partial charge is 0.491 e. The molecule has 0 spiro atoms. The van der Waals surface area contributed by atoms with E-state index in [2.05, 4.69) is 121 Å². The van der Waals surface area contributed by atoms with Crippen LogP contribution in [0.25, 0.3) is 0 Å². The molecule has 2 aromatic carbocycles. The summed E-state index contributed by atoms with van der Waals surface area (Å²) < 4.78 is 11.9. The summed E-state index contributed by atoms with van der Waals surface area (Å²) in [5.41, 5.74) is 8.47. The highest BCUT2D eigenvalue weighted by atomic mass is 16.5. The molecule has 0 N–H and O–H groups in total. The minimum absolute atomic E-state index is 0.186. The molecule has 0 aliphatic rings. The van der Waals surface area contributed by atoms with Gasteiger partial charge < -0.3 is 9.47 Å². The van der Waals surface area contributed by atoms with Crippen molar-refractivity contribution < 1.29 is 9.47 Å². The Morgan fingerprint density at radius 3 is 1.37 bits per heavy atom. The van der Waals surface area contributed by atoms with Gasteiger partial charge in [-0.25, -0.2) is 0 Å². The summed E-state index contributed by atoms with van der Waals surface area (Å²) in [4.78, 5) is 0. The summed E-state index contributed by atoms with van der Waals surface area (Å²) in [6, 6.07) is 9.11. The Morgan fingerprint density at radius 1 is 0.629 bits per heavy atom. The van der Waals surface area contributed by atoms with Crippen LogP contribution in [0.4, 0.5) is 0 Å². The van der Waals surface area contributed by atoms with Gasteiger partial charge in [-0.2, -0.15) is 0 Å². The van der Waals surface area contributed by atoms with Gasteiger partial charge in [0.05, 0.1) is 12.2 Å². The lowest BCUT2D eigenvalue weighted by atomic mass is 9.80. The molecule has 0 bridgehead atoms. The highest BCUT2D eigenvalue weighted by Crippen LogP contribution is 2.36. The second-order valence-corrected chi connectivity index (χ2v) is 12.0. The molecule has 0 amide bonds. The highest BCUT2D eigenvalue weighted by molar-refractivity contribution is 5.47. The maximum absolute atomic E-state index is 6.02. The molecule has 0 saturated heterocycles. The monoisotopic (exact) mass is 482 g/mol. The Labute approximate surface area is 217 Å². The van der Waals surface area contributed by atoms with Gasteiger partial charge in [0, 0.05) is 0 Å². The first-order chi connectivity index (χ1) is 16.1. The van der Waals surface area contributed by atoms with Crippen LogP contribution in [0, 0.1) is 6.92 Å². The molecule has 0 atom stereocenters. The Hall–Kier alpha value is -1.96. The fourth-order valence-corrected chi connectivity index (χ4v) is 4.38. The van der Waals surface area contributed by atoms with Crippen LogP contribution in [-0.2, 0) is 18.3 Å². The second kappa shape index (κ2) is 13.4. The van der Waals surface area contributed by atoms with Gasteiger partial charge in [0.25, 0.3) is 0 Å². The summed E-state index contributed by atoms with van der Waals surface area (Å²) in [6.07, 6.45) is 2.59. The number of ether oxygens (including phenoxy) is 2. The van der Waals surface area contributed by atoms with E-state index in [0.717, 1.165) is 24.3 Å². The van der Waals surface area contributed by atoms with E-state index < -0.39 is 0 Å². The Morgan fingerprint density at radius 2 is 1.03 bits per heavy atom. The van der Waals surface area contributed by atoms with Gasteiger partial charge in [-0.3, -0.25) is 0 Å². The van der Waals surface area contributed by atoms with Gasteiger partial charge in [-0.15, -0.1) is 0 Å². The van der Waals surface area contributed by atoms with Crippen LogP contribution in [0.3, 0.4) is 0 Å². The standard InChI is InChI=1S/C18H30O.C15H24O/c1-9-14-10-17(19-13(4)5)15(12(2)3)11-16(14)18(6,7)8;1-7-13-9-15(16-11(4)5)14(10(2)3)8-12(13)6/h10-13H,9H2,1-8H3;8-11H,7H2,1-6H3. The Balaban J connectivity index is 0.000000355. The third-order valence-corrected chi connectivity index (χ3v) is 6.24. The van der Waals surface area contributed by atoms with E-state index in [1.165, 1.54) is 33.4 Å². The van der Waals surface area contributed by atoms with Gasteiger partial charge >= 0.3 is 0 Å². The van der Waals surface area contributed by atoms with Crippen molar-refractivity contribution in [2.24, 2.45) is 0 Å². The van der Waals surface area contributed by atoms with E-state index in [0.29, 0.717) is 11.8 Å². The van der Waals surface area contributed by atoms with E-state index in [9.17, 15) is 0 Å². The molecule has 0 aliphatic carbocycles. The van der Waals surface area contributed by atoms with Crippen molar-refractivity contribution in [1.82, 2.24) is 0 Å². The first kappa shape index (κ1) is 31.1. The van der Waals surface area contributed by atoms with Gasteiger partial charge in [0.2, 0.25) is 0 Å². The van der Waals surface area contributed by atoms with Crippen LogP contribution >= 0.6 is 0 Å². The molecule has 2 aromatic rings. The average Bonchev–Trinajstić information content (AvgIpc) is 2.72. The molecule has 0 aromatic heterocycles. The molecule has 35 heavy (non-hydrogen) atoms. The van der Waals surface area contributed by atoms with E-state index in [1.807, 2.05) is 0 Å². The van der Waals surface area contributed by atoms with E-state index in [1.54, 1.807) is 0 Å². The average molecular weight is 483 g/mol. The van der Waals surface area contributed by atoms with Crippen LogP contribution in [0.1, 0.15) is 135 Å². The van der Waals surface area contributed by atoms with Gasteiger partial charge in [0.1, 0.15) is 11.5 Å². The quantitative estimate of drug-likeness (QED) is 0.372. The van der Waals surface area contributed by atoms with Crippen molar-refractivity contribution in [2.45, 2.75) is 139 Å². The predicted octanol–water partition coefficient (Wildman–Crippen LogP) is 9.93. The molecular weight excluding hydrogens is 428 g/mol. The zero-order valence-corrected chi connectivity index (χ0v) is 25.3. The third-order valence-electron chi connectivity index (χ3n) is 6.24. The number of benzene rings is 2. The maximum atomic E-state index is 6.02. The molecule has 0 saturated carbocycles. The van der Waals surface area contributed by atoms with Crippen LogP contribution in [0.2, 0.25) is 0 Å². The molecule has 0 heterocycles. The van der Waals surface area contributed by atoms with E-state index in [-0.39, 0.29) is 17.6 Å². The summed E-state index contributed by atoms with van der Waals surface area (Å²) >= 11 is 0. The van der Waals surface area contributed by atoms with Crippen LogP contribution < -0.4 is 9.47 Å². The molecule has 0 aliphatic heterocycles. The molecule has 2 nitrogen and oxygen atoms in total. The van der Waals surface area contributed by atoms with Crippen molar-refractivity contribution >= 4 is 0 Å². The van der Waals surface area contributed by atoms with Crippen molar-refractivity contribution in [1.29, 1.82) is 0 Å². The lowest BCUT2D eigenvalue weighted by Gasteiger charge is -2.27. The second-order valence-electron chi connectivity index (χ2n) is 12.0. The molecule has 2 rings (SSSR count). The Kier molecular flexibility index (Phi) is 11.9. The zero-order valence-electron chi connectivity index (χ0n) is 25.3. The van der Waals surface area contributed by atoms with Crippen molar-refractivity contribution in [2.75, 3.05) is 0 Å². The Bertz CT molecular complexity index is 927. The molecule has 198 valence electrons. The van der Waals surface area contributed by atoms with Gasteiger partial charge in [-0.1, -0.05) is 74.4 Å². The molecular formula is C33H54O2. The first-order valence-corrected chi connectivity index (χ1v) is 13.8. The molecule has 2 heteroatoms. The van der Waals surface area contributed by atoms with Crippen LogP contribution in [0.5, 0.6) is 11.5 Å². The lowest BCUT2D eigenvalue weighted by molar-refractivity contribution is 0.238. The predicted molar refractivity (Wildman–Crippen MR) is 155 cm³/mol. The first-order valence-electron chi connectivity index (χ1n) is 13.8. The summed E-state index contributed by atoms with van der Waals surface area (Å²) in [5.74, 6) is 3.13. The van der Waals surface area contributed by atoms with Crippen molar-refractivity contribution in [3.8, 4) is 11.5 Å². The number of hydrogen-bond acceptors (Lipinski definition) is 2.